The van der Waals surface area contributed by atoms with E-state index in [-0.39, 0.29) is 0 Å². The molecule has 16 heavy (non-hydrogen) atoms. The molecule has 86 valence electrons. The van der Waals surface area contributed by atoms with Crippen LogP contribution in [-0.4, -0.2) is 23.0 Å². The fraction of sp³-hybridized carbons (Fsp3) is 0.364. The second kappa shape index (κ2) is 3.89. The van der Waals surface area contributed by atoms with Crippen LogP contribution in [-0.2, 0) is 4.74 Å². The van der Waals surface area contributed by atoms with Crippen molar-refractivity contribution in [1.29, 1.82) is 0 Å². The summed E-state index contributed by atoms with van der Waals surface area (Å²) in [6.45, 7) is 3.24. The van der Waals surface area contributed by atoms with Gasteiger partial charge in [-0.25, -0.2) is 9.69 Å². The summed E-state index contributed by atoms with van der Waals surface area (Å²) in [6, 6.07) is 7.33. The van der Waals surface area contributed by atoms with Crippen LogP contribution < -0.4 is 4.90 Å². The van der Waals surface area contributed by atoms with Gasteiger partial charge in [0.2, 0.25) is 0 Å². The van der Waals surface area contributed by atoms with Crippen molar-refractivity contribution in [3.8, 4) is 0 Å². The quantitative estimate of drug-likeness (QED) is 0.803. The van der Waals surface area contributed by atoms with Crippen LogP contribution in [0.2, 0.25) is 0 Å². The van der Waals surface area contributed by atoms with E-state index in [0.717, 1.165) is 3.57 Å². The third-order valence-electron chi connectivity index (χ3n) is 2.77. The zero-order chi connectivity index (χ0) is 11.9. The van der Waals surface area contributed by atoms with Crippen molar-refractivity contribution >= 4 is 34.4 Å². The molecule has 1 aromatic rings. The fourth-order valence-corrected chi connectivity index (χ4v) is 2.00. The van der Waals surface area contributed by atoms with Crippen molar-refractivity contribution in [3.05, 3.63) is 27.8 Å². The number of carbonyl (C=O) groups is 1. The molecule has 0 saturated carbocycles. The number of halogens is 1. The van der Waals surface area contributed by atoms with Gasteiger partial charge in [-0.05, 0) is 60.7 Å². The Balaban J connectivity index is 2.40. The van der Waals surface area contributed by atoms with Crippen molar-refractivity contribution in [2.24, 2.45) is 0 Å². The maximum atomic E-state index is 11.6. The summed E-state index contributed by atoms with van der Waals surface area (Å²) in [5.74, 6) is 0. The lowest BCUT2D eigenvalue weighted by Gasteiger charge is -2.28. The largest absolute Gasteiger partial charge is 0.441 e. The first-order chi connectivity index (χ1) is 7.43. The summed E-state index contributed by atoms with van der Waals surface area (Å²) in [5.41, 5.74) is -0.663. The minimum atomic E-state index is -1.30. The molecule has 1 N–H and O–H groups in total. The van der Waals surface area contributed by atoms with Gasteiger partial charge in [-0.15, -0.1) is 0 Å². The average molecular weight is 333 g/mol. The van der Waals surface area contributed by atoms with Crippen molar-refractivity contribution in [2.45, 2.75) is 25.7 Å². The number of nitrogens with zero attached hydrogens (tertiary/aromatic N) is 1. The first-order valence-electron chi connectivity index (χ1n) is 4.91. The Morgan fingerprint density at radius 3 is 2.44 bits per heavy atom. The van der Waals surface area contributed by atoms with Crippen LogP contribution in [0.4, 0.5) is 10.5 Å². The van der Waals surface area contributed by atoms with Gasteiger partial charge >= 0.3 is 6.09 Å². The van der Waals surface area contributed by atoms with Crippen LogP contribution in [0.1, 0.15) is 13.8 Å². The molecule has 2 rings (SSSR count). The molecule has 1 fully saturated rings. The molecular weight excluding hydrogens is 321 g/mol. The van der Waals surface area contributed by atoms with Crippen molar-refractivity contribution < 1.29 is 14.6 Å². The van der Waals surface area contributed by atoms with E-state index >= 15 is 0 Å². The Kier molecular flexibility index (Phi) is 2.83. The Bertz CT molecular complexity index is 416. The molecule has 1 aromatic carbocycles. The lowest BCUT2D eigenvalue weighted by Crippen LogP contribution is -2.48. The molecule has 4 nitrogen and oxygen atoms in total. The Labute approximate surface area is 107 Å². The molecule has 1 aliphatic rings. The predicted octanol–water partition coefficient (Wildman–Crippen LogP) is 2.34. The number of hydrogen-bond acceptors (Lipinski definition) is 3. The minimum absolute atomic E-state index is 0.515. The summed E-state index contributed by atoms with van der Waals surface area (Å²) in [6.07, 6.45) is -1.06. The molecule has 1 aliphatic heterocycles. The van der Waals surface area contributed by atoms with Crippen LogP contribution in [0.25, 0.3) is 0 Å². The highest BCUT2D eigenvalue weighted by atomic mass is 127. The average Bonchev–Trinajstić information content (AvgIpc) is 2.39. The van der Waals surface area contributed by atoms with Crippen LogP contribution in [0.5, 0.6) is 0 Å². The van der Waals surface area contributed by atoms with E-state index in [1.165, 1.54) is 4.90 Å². The van der Waals surface area contributed by atoms with E-state index in [1.807, 2.05) is 12.1 Å². The van der Waals surface area contributed by atoms with E-state index in [9.17, 15) is 9.90 Å². The van der Waals surface area contributed by atoms with Gasteiger partial charge in [0.15, 0.2) is 5.72 Å². The number of anilines is 1. The van der Waals surface area contributed by atoms with E-state index in [0.29, 0.717) is 5.69 Å². The monoisotopic (exact) mass is 333 g/mol. The number of carbonyl (C=O) groups excluding carboxylic acids is 1. The molecular formula is C11H12INO3. The number of cyclic esters (lactones) is 1. The van der Waals surface area contributed by atoms with E-state index in [2.05, 4.69) is 22.6 Å². The van der Waals surface area contributed by atoms with E-state index in [4.69, 9.17) is 4.74 Å². The number of rotatable bonds is 1. The topological polar surface area (TPSA) is 49.8 Å². The third-order valence-corrected chi connectivity index (χ3v) is 3.49. The Hall–Kier alpha value is -0.820. The number of aliphatic hydroxyl groups is 1. The van der Waals surface area contributed by atoms with Gasteiger partial charge in [-0.2, -0.15) is 0 Å². The van der Waals surface area contributed by atoms with Gasteiger partial charge in [-0.3, -0.25) is 0 Å². The van der Waals surface area contributed by atoms with Gasteiger partial charge in [0, 0.05) is 3.57 Å². The lowest BCUT2D eigenvalue weighted by atomic mass is 10.1. The standard InChI is InChI=1S/C11H12INO3/c1-7-11(2,15)13(10(14)16-7)9-5-3-8(12)4-6-9/h3-7,15H,1-2H3/t7-,11+/m0/s1. The fourth-order valence-electron chi connectivity index (χ4n) is 1.64. The molecule has 1 amide bonds. The van der Waals surface area contributed by atoms with Gasteiger partial charge in [0.05, 0.1) is 5.69 Å². The molecule has 1 heterocycles. The van der Waals surface area contributed by atoms with Crippen molar-refractivity contribution in [2.75, 3.05) is 4.90 Å². The molecule has 0 aromatic heterocycles. The molecule has 0 unspecified atom stereocenters. The molecule has 1 saturated heterocycles. The summed E-state index contributed by atoms with van der Waals surface area (Å²) in [4.78, 5) is 12.9. The molecule has 0 bridgehead atoms. The Morgan fingerprint density at radius 2 is 2.00 bits per heavy atom. The molecule has 0 aliphatic carbocycles. The maximum absolute atomic E-state index is 11.6. The summed E-state index contributed by atoms with van der Waals surface area (Å²) in [7, 11) is 0. The minimum Gasteiger partial charge on any atom is -0.441 e. The SMILES string of the molecule is C[C@@H]1OC(=O)N(c2ccc(I)cc2)[C@]1(C)O. The van der Waals surface area contributed by atoms with Gasteiger partial charge < -0.3 is 9.84 Å². The summed E-state index contributed by atoms with van der Waals surface area (Å²) >= 11 is 2.18. The van der Waals surface area contributed by atoms with Crippen molar-refractivity contribution in [1.82, 2.24) is 0 Å². The number of benzene rings is 1. The molecule has 5 heteroatoms. The molecule has 0 spiro atoms. The molecule has 0 radical (unpaired) electrons. The highest BCUT2D eigenvalue weighted by Gasteiger charge is 2.49. The number of ether oxygens (including phenoxy) is 1. The zero-order valence-corrected chi connectivity index (χ0v) is 11.1. The van der Waals surface area contributed by atoms with Crippen LogP contribution in [0.15, 0.2) is 24.3 Å². The van der Waals surface area contributed by atoms with E-state index in [1.54, 1.807) is 26.0 Å². The summed E-state index contributed by atoms with van der Waals surface area (Å²) in [5, 5.41) is 10.2. The first kappa shape index (κ1) is 11.7. The molecule has 2 atom stereocenters. The van der Waals surface area contributed by atoms with E-state index < -0.39 is 17.9 Å². The first-order valence-corrected chi connectivity index (χ1v) is 5.99. The normalized spacial score (nSPS) is 29.4. The highest BCUT2D eigenvalue weighted by molar-refractivity contribution is 14.1. The van der Waals surface area contributed by atoms with Gasteiger partial charge in [0.25, 0.3) is 0 Å². The maximum Gasteiger partial charge on any atom is 0.417 e. The summed E-state index contributed by atoms with van der Waals surface area (Å²) < 4.78 is 6.08. The predicted molar refractivity (Wildman–Crippen MR) is 68.2 cm³/mol. The number of hydrogen-bond donors (Lipinski definition) is 1. The smallest absolute Gasteiger partial charge is 0.417 e. The zero-order valence-electron chi connectivity index (χ0n) is 8.98. The van der Waals surface area contributed by atoms with Crippen LogP contribution >= 0.6 is 22.6 Å². The van der Waals surface area contributed by atoms with Crippen molar-refractivity contribution in [3.63, 3.8) is 0 Å². The Morgan fingerprint density at radius 1 is 1.44 bits per heavy atom. The lowest BCUT2D eigenvalue weighted by molar-refractivity contribution is -0.00438. The van der Waals surface area contributed by atoms with Crippen LogP contribution in [0.3, 0.4) is 0 Å². The van der Waals surface area contributed by atoms with Gasteiger partial charge in [0.1, 0.15) is 6.10 Å². The number of amides is 1. The van der Waals surface area contributed by atoms with Crippen LogP contribution in [0, 0.1) is 3.57 Å². The second-order valence-corrected chi connectivity index (χ2v) is 5.18. The van der Waals surface area contributed by atoms with Gasteiger partial charge in [-0.1, -0.05) is 0 Å². The second-order valence-electron chi connectivity index (χ2n) is 3.93. The third kappa shape index (κ3) is 1.78. The highest BCUT2D eigenvalue weighted by Crippen LogP contribution is 2.33.